The lowest BCUT2D eigenvalue weighted by molar-refractivity contribution is -0.145. The highest BCUT2D eigenvalue weighted by Gasteiger charge is 2.31. The van der Waals surface area contributed by atoms with E-state index in [9.17, 15) is 37.5 Å². The molecule has 4 rings (SSSR count). The first-order valence-corrected chi connectivity index (χ1v) is 21.2. The van der Waals surface area contributed by atoms with Gasteiger partial charge in [-0.3, -0.25) is 14.4 Å². The number of esters is 1. The summed E-state index contributed by atoms with van der Waals surface area (Å²) in [5.74, 6) is -0.990. The molecule has 2 aromatic carbocycles. The van der Waals surface area contributed by atoms with Crippen molar-refractivity contribution < 1.29 is 51.7 Å². The molecule has 2 aliphatic heterocycles. The van der Waals surface area contributed by atoms with Crippen LogP contribution >= 0.6 is 0 Å². The van der Waals surface area contributed by atoms with Gasteiger partial charge in [0.1, 0.15) is 17.4 Å². The largest absolute Gasteiger partial charge is 0.497 e. The van der Waals surface area contributed by atoms with Crippen LogP contribution in [0.25, 0.3) is 10.8 Å². The summed E-state index contributed by atoms with van der Waals surface area (Å²) in [5, 5.41) is 16.0. The third-order valence-electron chi connectivity index (χ3n) is 10.5. The Labute approximate surface area is 335 Å². The fourth-order valence-electron chi connectivity index (χ4n) is 7.18. The van der Waals surface area contributed by atoms with Crippen LogP contribution in [0.1, 0.15) is 79.1 Å². The number of carbonyl (C=O) groups excluding carboxylic acids is 4. The first kappa shape index (κ1) is 45.1. The van der Waals surface area contributed by atoms with Gasteiger partial charge in [0.2, 0.25) is 21.8 Å². The average Bonchev–Trinajstić information content (AvgIpc) is 3.17. The van der Waals surface area contributed by atoms with E-state index >= 15 is 0 Å². The Kier molecular flexibility index (Phi) is 16.4. The van der Waals surface area contributed by atoms with Crippen LogP contribution in [0, 0.1) is 17.8 Å². The lowest BCUT2D eigenvalue weighted by Gasteiger charge is -2.34. The Morgan fingerprint density at radius 3 is 2.00 bits per heavy atom. The number of ether oxygens (including phenoxy) is 3. The molecule has 2 saturated heterocycles. The minimum Gasteiger partial charge on any atom is -0.497 e. The van der Waals surface area contributed by atoms with Crippen molar-refractivity contribution in [1.82, 2.24) is 25.2 Å². The standard InChI is InChI=1S/C40H59N5O11S/c1-6-55-37(48)34(43-57(52,53)33-14-12-30-23-32(54-5)13-11-31(30)24-33)25-41-35(46)26-42-36(47)29(9-7-27-15-19-44(20-16-27)38(49)50)10-8-28-17-21-45(22-18-28)39(51)56-40(2,3)4/h11-14,23-24,27-29,34,43H,6-10,15-22,25-26H2,1-5H3,(H,41,46)(H,42,47)(H,49,50)/t29?,34-/m0/s1. The molecule has 4 N–H and O–H groups in total. The number of sulfonamides is 1. The number of methoxy groups -OCH3 is 1. The molecule has 17 heteroatoms. The minimum absolute atomic E-state index is 0.0121. The second-order valence-electron chi connectivity index (χ2n) is 15.8. The normalized spacial score (nSPS) is 16.7. The zero-order valence-electron chi connectivity index (χ0n) is 33.7. The van der Waals surface area contributed by atoms with Gasteiger partial charge in [-0.05, 0) is 126 Å². The number of rotatable bonds is 17. The lowest BCUT2D eigenvalue weighted by Crippen LogP contribution is -2.50. The maximum absolute atomic E-state index is 13.6. The molecule has 0 aromatic heterocycles. The van der Waals surface area contributed by atoms with Gasteiger partial charge in [-0.25, -0.2) is 18.0 Å². The topological polar surface area (TPSA) is 210 Å². The summed E-state index contributed by atoms with van der Waals surface area (Å²) in [6, 6.07) is 8.25. The Balaban J connectivity index is 1.33. The van der Waals surface area contributed by atoms with E-state index < -0.39 is 58.6 Å². The van der Waals surface area contributed by atoms with Crippen molar-refractivity contribution in [3.05, 3.63) is 36.4 Å². The number of hydrogen-bond donors (Lipinski definition) is 4. The highest BCUT2D eigenvalue weighted by Crippen LogP contribution is 2.30. The van der Waals surface area contributed by atoms with Crippen molar-refractivity contribution in [3.8, 4) is 5.75 Å². The fraction of sp³-hybridized carbons (Fsp3) is 0.625. The first-order chi connectivity index (χ1) is 27.0. The van der Waals surface area contributed by atoms with Gasteiger partial charge >= 0.3 is 18.2 Å². The zero-order valence-corrected chi connectivity index (χ0v) is 34.5. The average molecular weight is 818 g/mol. The van der Waals surface area contributed by atoms with Crippen molar-refractivity contribution in [1.29, 1.82) is 0 Å². The molecule has 316 valence electrons. The highest BCUT2D eigenvalue weighted by atomic mass is 32.2. The van der Waals surface area contributed by atoms with E-state index in [0.717, 1.165) is 31.1 Å². The predicted molar refractivity (Wildman–Crippen MR) is 212 cm³/mol. The maximum atomic E-state index is 13.6. The lowest BCUT2D eigenvalue weighted by atomic mass is 9.84. The molecule has 0 saturated carbocycles. The molecule has 4 amide bonds. The molecule has 0 spiro atoms. The summed E-state index contributed by atoms with van der Waals surface area (Å²) < 4.78 is 45.0. The number of amides is 4. The van der Waals surface area contributed by atoms with Gasteiger partial charge < -0.3 is 39.8 Å². The molecule has 0 bridgehead atoms. The van der Waals surface area contributed by atoms with E-state index in [4.69, 9.17) is 14.2 Å². The number of carboxylic acid groups (broad SMARTS) is 1. The van der Waals surface area contributed by atoms with Crippen LogP contribution in [0.4, 0.5) is 9.59 Å². The molecule has 57 heavy (non-hydrogen) atoms. The van der Waals surface area contributed by atoms with Crippen molar-refractivity contribution in [3.63, 3.8) is 0 Å². The van der Waals surface area contributed by atoms with Crippen LogP contribution in [-0.2, 0) is 33.9 Å². The van der Waals surface area contributed by atoms with Crippen LogP contribution in [0.15, 0.2) is 41.3 Å². The van der Waals surface area contributed by atoms with Crippen molar-refractivity contribution >= 4 is 50.8 Å². The summed E-state index contributed by atoms with van der Waals surface area (Å²) in [5.41, 5.74) is -0.579. The van der Waals surface area contributed by atoms with Gasteiger partial charge in [0, 0.05) is 38.6 Å². The monoisotopic (exact) mass is 817 g/mol. The number of carbonyl (C=O) groups is 5. The molecule has 1 unspecified atom stereocenters. The van der Waals surface area contributed by atoms with Crippen LogP contribution < -0.4 is 20.1 Å². The zero-order chi connectivity index (χ0) is 41.8. The van der Waals surface area contributed by atoms with E-state index in [2.05, 4.69) is 15.4 Å². The van der Waals surface area contributed by atoms with Crippen molar-refractivity contribution in [2.45, 2.75) is 95.6 Å². The second-order valence-corrected chi connectivity index (χ2v) is 17.5. The highest BCUT2D eigenvalue weighted by molar-refractivity contribution is 7.89. The number of benzene rings is 2. The molecular weight excluding hydrogens is 759 g/mol. The fourth-order valence-corrected chi connectivity index (χ4v) is 8.40. The number of nitrogens with zero attached hydrogens (tertiary/aromatic N) is 2. The van der Waals surface area contributed by atoms with Crippen LogP contribution in [-0.4, -0.2) is 118 Å². The van der Waals surface area contributed by atoms with Gasteiger partial charge in [0.25, 0.3) is 0 Å². The third kappa shape index (κ3) is 14.1. The van der Waals surface area contributed by atoms with E-state index in [1.807, 2.05) is 20.8 Å². The second kappa shape index (κ2) is 20.7. The number of likely N-dealkylation sites (tertiary alicyclic amines) is 2. The molecule has 0 radical (unpaired) electrons. The van der Waals surface area contributed by atoms with Gasteiger partial charge in [-0.2, -0.15) is 4.72 Å². The quantitative estimate of drug-likeness (QED) is 0.163. The molecule has 0 aliphatic carbocycles. The molecule has 2 heterocycles. The Bertz CT molecular complexity index is 1820. The Morgan fingerprint density at radius 1 is 0.860 bits per heavy atom. The summed E-state index contributed by atoms with van der Waals surface area (Å²) in [4.78, 5) is 66.4. The van der Waals surface area contributed by atoms with Crippen molar-refractivity contribution in [2.24, 2.45) is 17.8 Å². The summed E-state index contributed by atoms with van der Waals surface area (Å²) in [7, 11) is -2.70. The Hall–Kier alpha value is -4.64. The van der Waals surface area contributed by atoms with Crippen LogP contribution in [0.5, 0.6) is 5.75 Å². The van der Waals surface area contributed by atoms with Crippen LogP contribution in [0.3, 0.4) is 0 Å². The number of fused-ring (bicyclic) bond motifs is 1. The van der Waals surface area contributed by atoms with E-state index in [1.165, 1.54) is 24.1 Å². The Morgan fingerprint density at radius 2 is 1.44 bits per heavy atom. The minimum atomic E-state index is -4.23. The summed E-state index contributed by atoms with van der Waals surface area (Å²) in [6.45, 7) is 8.30. The van der Waals surface area contributed by atoms with E-state index in [1.54, 1.807) is 36.1 Å². The van der Waals surface area contributed by atoms with Gasteiger partial charge in [-0.1, -0.05) is 12.1 Å². The third-order valence-corrected chi connectivity index (χ3v) is 12.0. The van der Waals surface area contributed by atoms with Crippen LogP contribution in [0.2, 0.25) is 0 Å². The first-order valence-electron chi connectivity index (χ1n) is 19.7. The number of nitrogens with one attached hydrogen (secondary N) is 3. The van der Waals surface area contributed by atoms with Gasteiger partial charge in [0.15, 0.2) is 0 Å². The van der Waals surface area contributed by atoms with E-state index in [-0.39, 0.29) is 29.4 Å². The number of hydrogen-bond acceptors (Lipinski definition) is 10. The SMILES string of the molecule is CCOC(=O)[C@H](CNC(=O)CNC(=O)C(CCC1CCN(C(=O)O)CC1)CCC1CCN(C(=O)OC(C)(C)C)CC1)NS(=O)(=O)c1ccc2cc(OC)ccc2c1. The molecule has 2 atom stereocenters. The molecular formula is C40H59N5O11S. The maximum Gasteiger partial charge on any atom is 0.410 e. The molecule has 2 aliphatic rings. The molecule has 2 fully saturated rings. The number of piperidine rings is 2. The molecule has 16 nitrogen and oxygen atoms in total. The predicted octanol–water partition coefficient (Wildman–Crippen LogP) is 4.50. The van der Waals surface area contributed by atoms with Crippen molar-refractivity contribution in [2.75, 3.05) is 53.0 Å². The smallest absolute Gasteiger partial charge is 0.410 e. The van der Waals surface area contributed by atoms with Gasteiger partial charge in [0.05, 0.1) is 25.2 Å². The summed E-state index contributed by atoms with van der Waals surface area (Å²) in [6.07, 6.45) is 4.38. The van der Waals surface area contributed by atoms with E-state index in [0.29, 0.717) is 68.9 Å². The molecule has 2 aromatic rings. The van der Waals surface area contributed by atoms with Gasteiger partial charge in [-0.15, -0.1) is 0 Å². The summed E-state index contributed by atoms with van der Waals surface area (Å²) >= 11 is 0.